The highest BCUT2D eigenvalue weighted by Crippen LogP contribution is 2.36. The third kappa shape index (κ3) is 4.92. The van der Waals surface area contributed by atoms with Gasteiger partial charge >= 0.3 is 0 Å². The molecule has 0 bridgehead atoms. The number of nitrogens with zero attached hydrogens (tertiary/aromatic N) is 2. The van der Waals surface area contributed by atoms with E-state index < -0.39 is 5.60 Å². The smallest absolute Gasteiger partial charge is 0.252 e. The number of halogens is 2. The molecule has 5 nitrogen and oxygen atoms in total. The number of hydrogen-bond acceptors (Lipinski definition) is 4. The van der Waals surface area contributed by atoms with Crippen molar-refractivity contribution in [1.29, 1.82) is 0 Å². The Morgan fingerprint density at radius 3 is 2.67 bits per heavy atom. The van der Waals surface area contributed by atoms with E-state index in [1.54, 1.807) is 6.07 Å². The van der Waals surface area contributed by atoms with Crippen LogP contribution in [-0.4, -0.2) is 59.8 Å². The molecule has 1 heterocycles. The lowest BCUT2D eigenvalue weighted by Crippen LogP contribution is -2.52. The molecule has 0 radical (unpaired) electrons. The molecule has 1 atom stereocenters. The third-order valence-electron chi connectivity index (χ3n) is 7.13. The third-order valence-corrected chi connectivity index (χ3v) is 7.51. The second kappa shape index (κ2) is 9.01. The van der Waals surface area contributed by atoms with Gasteiger partial charge in [-0.25, -0.2) is 4.39 Å². The standard InChI is InChI=1S/C23H33ClFN3O2/c1-16-15-27(13-14-28(16)20-4-2-3-19(25)21(20)24)12-9-17-5-7-18(8-6-17)26-22(29)23(30)10-11-23/h2-4,16-18,30H,5-15H2,1H3,(H,26,29)/t16-,17-,18-/m1/s1. The van der Waals surface area contributed by atoms with Crippen LogP contribution in [0.3, 0.4) is 0 Å². The van der Waals surface area contributed by atoms with Crippen LogP contribution >= 0.6 is 11.6 Å². The van der Waals surface area contributed by atoms with Crippen LogP contribution in [0.2, 0.25) is 5.02 Å². The minimum atomic E-state index is -1.06. The van der Waals surface area contributed by atoms with Crippen molar-refractivity contribution in [2.24, 2.45) is 5.92 Å². The van der Waals surface area contributed by atoms with Gasteiger partial charge in [0.25, 0.3) is 5.91 Å². The number of nitrogens with one attached hydrogen (secondary N) is 1. The van der Waals surface area contributed by atoms with Crippen LogP contribution in [0.1, 0.15) is 51.9 Å². The zero-order valence-corrected chi connectivity index (χ0v) is 18.5. The summed E-state index contributed by atoms with van der Waals surface area (Å²) in [5.41, 5.74) is -0.272. The average Bonchev–Trinajstić information content (AvgIpc) is 3.49. The first-order valence-electron chi connectivity index (χ1n) is 11.3. The molecule has 1 aliphatic heterocycles. The number of carbonyl (C=O) groups excluding carboxylic acids is 1. The number of rotatable bonds is 6. The summed E-state index contributed by atoms with van der Waals surface area (Å²) in [7, 11) is 0. The number of hydrogen-bond donors (Lipinski definition) is 2. The van der Waals surface area contributed by atoms with Crippen LogP contribution in [0.5, 0.6) is 0 Å². The lowest BCUT2D eigenvalue weighted by Gasteiger charge is -2.42. The normalized spacial score (nSPS) is 28.9. The van der Waals surface area contributed by atoms with Gasteiger partial charge in [-0.1, -0.05) is 17.7 Å². The van der Waals surface area contributed by atoms with Gasteiger partial charge in [-0.05, 0) is 76.5 Å². The maximum absolute atomic E-state index is 13.8. The highest BCUT2D eigenvalue weighted by molar-refractivity contribution is 6.33. The maximum atomic E-state index is 13.8. The minimum absolute atomic E-state index is 0.170. The van der Waals surface area contributed by atoms with Gasteiger partial charge in [-0.15, -0.1) is 0 Å². The number of amides is 1. The highest BCUT2D eigenvalue weighted by atomic mass is 35.5. The molecule has 1 saturated heterocycles. The molecule has 0 aromatic heterocycles. The largest absolute Gasteiger partial charge is 0.380 e. The van der Waals surface area contributed by atoms with Gasteiger partial charge in [-0.3, -0.25) is 9.69 Å². The summed E-state index contributed by atoms with van der Waals surface area (Å²) in [5.74, 6) is 0.172. The molecule has 1 aromatic rings. The van der Waals surface area contributed by atoms with E-state index >= 15 is 0 Å². The lowest BCUT2D eigenvalue weighted by atomic mass is 9.84. The molecule has 2 N–H and O–H groups in total. The Bertz CT molecular complexity index is 765. The van der Waals surface area contributed by atoms with E-state index in [1.807, 2.05) is 6.07 Å². The first-order chi connectivity index (χ1) is 14.4. The Labute approximate surface area is 183 Å². The topological polar surface area (TPSA) is 55.8 Å². The fourth-order valence-electron chi connectivity index (χ4n) is 4.93. The Morgan fingerprint density at radius 1 is 1.27 bits per heavy atom. The van der Waals surface area contributed by atoms with Crippen molar-refractivity contribution in [1.82, 2.24) is 10.2 Å². The maximum Gasteiger partial charge on any atom is 0.252 e. The molecule has 0 unspecified atom stereocenters. The molecule has 166 valence electrons. The van der Waals surface area contributed by atoms with Crippen molar-refractivity contribution in [3.8, 4) is 0 Å². The molecule has 2 saturated carbocycles. The summed E-state index contributed by atoms with van der Waals surface area (Å²) in [6, 6.07) is 5.53. The second-order valence-electron chi connectivity index (χ2n) is 9.43. The first-order valence-corrected chi connectivity index (χ1v) is 11.7. The van der Waals surface area contributed by atoms with Crippen molar-refractivity contribution >= 4 is 23.2 Å². The van der Waals surface area contributed by atoms with E-state index in [9.17, 15) is 14.3 Å². The molecule has 4 rings (SSSR count). The lowest BCUT2D eigenvalue weighted by molar-refractivity contribution is -0.132. The zero-order valence-electron chi connectivity index (χ0n) is 17.7. The van der Waals surface area contributed by atoms with Crippen molar-refractivity contribution in [3.05, 3.63) is 29.0 Å². The number of carbonyl (C=O) groups is 1. The minimum Gasteiger partial charge on any atom is -0.380 e. The van der Waals surface area contributed by atoms with Gasteiger partial charge < -0.3 is 15.3 Å². The average molecular weight is 438 g/mol. The summed E-state index contributed by atoms with van der Waals surface area (Å²) < 4.78 is 13.8. The molecule has 1 aromatic carbocycles. The molecule has 1 amide bonds. The molecule has 0 spiro atoms. The van der Waals surface area contributed by atoms with Crippen molar-refractivity contribution in [3.63, 3.8) is 0 Å². The number of anilines is 1. The summed E-state index contributed by atoms with van der Waals surface area (Å²) in [4.78, 5) is 16.7. The fraction of sp³-hybridized carbons (Fsp3) is 0.696. The van der Waals surface area contributed by atoms with Crippen molar-refractivity contribution < 1.29 is 14.3 Å². The first kappa shape index (κ1) is 21.8. The van der Waals surface area contributed by atoms with Crippen LogP contribution in [0, 0.1) is 11.7 Å². The Kier molecular flexibility index (Phi) is 6.56. The van der Waals surface area contributed by atoms with Crippen LogP contribution in [0.25, 0.3) is 0 Å². The SMILES string of the molecule is C[C@@H]1CN(CC[C@H]2CC[C@H](NC(=O)C3(O)CC3)CC2)CCN1c1cccc(F)c1Cl. The van der Waals surface area contributed by atoms with Crippen molar-refractivity contribution in [2.75, 3.05) is 31.1 Å². The quantitative estimate of drug-likeness (QED) is 0.714. The van der Waals surface area contributed by atoms with Gasteiger partial charge in [0.1, 0.15) is 11.4 Å². The van der Waals surface area contributed by atoms with Crippen molar-refractivity contribution in [2.45, 2.75) is 69.6 Å². The fourth-order valence-corrected chi connectivity index (χ4v) is 5.17. The van der Waals surface area contributed by atoms with Crippen LogP contribution < -0.4 is 10.2 Å². The molecule has 2 aliphatic carbocycles. The van der Waals surface area contributed by atoms with Crippen LogP contribution in [0.4, 0.5) is 10.1 Å². The van der Waals surface area contributed by atoms with E-state index in [4.69, 9.17) is 11.6 Å². The monoisotopic (exact) mass is 437 g/mol. The van der Waals surface area contributed by atoms with Gasteiger partial charge in [0.05, 0.1) is 10.7 Å². The van der Waals surface area contributed by atoms with E-state index in [0.717, 1.165) is 57.5 Å². The molecule has 7 heteroatoms. The molecular weight excluding hydrogens is 405 g/mol. The molecule has 3 fully saturated rings. The van der Waals surface area contributed by atoms with Gasteiger partial charge in [-0.2, -0.15) is 0 Å². The number of aliphatic hydroxyl groups is 1. The zero-order chi connectivity index (χ0) is 21.3. The van der Waals surface area contributed by atoms with E-state index in [0.29, 0.717) is 18.8 Å². The number of benzene rings is 1. The van der Waals surface area contributed by atoms with Gasteiger partial charge in [0.15, 0.2) is 0 Å². The van der Waals surface area contributed by atoms with E-state index in [2.05, 4.69) is 22.0 Å². The van der Waals surface area contributed by atoms with Gasteiger partial charge in [0, 0.05) is 31.7 Å². The summed E-state index contributed by atoms with van der Waals surface area (Å²) in [6.07, 6.45) is 6.67. The summed E-state index contributed by atoms with van der Waals surface area (Å²) in [5, 5.41) is 13.2. The second-order valence-corrected chi connectivity index (χ2v) is 9.81. The molecular formula is C23H33ClFN3O2. The predicted molar refractivity (Wildman–Crippen MR) is 117 cm³/mol. The Hall–Kier alpha value is -1.37. The van der Waals surface area contributed by atoms with Crippen LogP contribution in [0.15, 0.2) is 18.2 Å². The van der Waals surface area contributed by atoms with E-state index in [1.165, 1.54) is 12.5 Å². The predicted octanol–water partition coefficient (Wildman–Crippen LogP) is 3.58. The summed E-state index contributed by atoms with van der Waals surface area (Å²) >= 11 is 6.19. The molecule has 3 aliphatic rings. The summed E-state index contributed by atoms with van der Waals surface area (Å²) in [6.45, 7) is 6.02. The Morgan fingerprint density at radius 2 is 2.00 bits per heavy atom. The number of piperazine rings is 1. The Balaban J connectivity index is 1.19. The molecule has 30 heavy (non-hydrogen) atoms. The van der Waals surface area contributed by atoms with E-state index in [-0.39, 0.29) is 28.8 Å². The van der Waals surface area contributed by atoms with Crippen LogP contribution in [-0.2, 0) is 4.79 Å². The highest BCUT2D eigenvalue weighted by Gasteiger charge is 2.48. The van der Waals surface area contributed by atoms with Gasteiger partial charge in [0.2, 0.25) is 0 Å².